The third-order valence-electron chi connectivity index (χ3n) is 5.72. The zero-order valence-electron chi connectivity index (χ0n) is 23.7. The number of hydrogen-bond donors (Lipinski definition) is 1. The van der Waals surface area contributed by atoms with Gasteiger partial charge >= 0.3 is 12.1 Å². The number of aromatic nitrogens is 1. The molecule has 1 amide bonds. The van der Waals surface area contributed by atoms with Crippen molar-refractivity contribution in [2.75, 3.05) is 11.9 Å². The summed E-state index contributed by atoms with van der Waals surface area (Å²) in [5, 5.41) is 5.47. The first-order valence-corrected chi connectivity index (χ1v) is 14.6. The molecular weight excluding hydrogens is 512 g/mol. The highest BCUT2D eigenvalue weighted by molar-refractivity contribution is 7.13. The minimum Gasteiger partial charge on any atom is -0.494 e. The Bertz CT molecular complexity index is 1210. The first-order chi connectivity index (χ1) is 18.7. The van der Waals surface area contributed by atoms with Gasteiger partial charge in [-0.25, -0.2) is 9.78 Å². The van der Waals surface area contributed by atoms with Crippen LogP contribution < -0.4 is 14.8 Å². The highest BCUT2D eigenvalue weighted by Crippen LogP contribution is 2.39. The molecule has 0 fully saturated rings. The molecule has 39 heavy (non-hydrogen) atoms. The van der Waals surface area contributed by atoms with Crippen molar-refractivity contribution >= 4 is 29.1 Å². The van der Waals surface area contributed by atoms with Crippen LogP contribution in [0.2, 0.25) is 0 Å². The van der Waals surface area contributed by atoms with Gasteiger partial charge < -0.3 is 14.2 Å². The van der Waals surface area contributed by atoms with E-state index in [-0.39, 0.29) is 18.1 Å². The van der Waals surface area contributed by atoms with Crippen molar-refractivity contribution in [2.24, 2.45) is 0 Å². The van der Waals surface area contributed by atoms with Gasteiger partial charge in [0.15, 0.2) is 5.75 Å². The smallest absolute Gasteiger partial charge is 0.412 e. The van der Waals surface area contributed by atoms with Gasteiger partial charge in [0.05, 0.1) is 18.0 Å². The summed E-state index contributed by atoms with van der Waals surface area (Å²) in [5.74, 6) is 0.715. The number of amides is 1. The molecule has 3 rings (SSSR count). The number of benzene rings is 2. The molecule has 0 aliphatic rings. The second kappa shape index (κ2) is 14.7. The van der Waals surface area contributed by atoms with Crippen LogP contribution in [0.1, 0.15) is 79.6 Å². The Morgan fingerprint density at radius 1 is 0.949 bits per heavy atom. The van der Waals surface area contributed by atoms with Gasteiger partial charge in [0.2, 0.25) is 0 Å². The van der Waals surface area contributed by atoms with Gasteiger partial charge in [-0.15, -0.1) is 11.3 Å². The molecule has 8 heteroatoms. The first-order valence-electron chi connectivity index (χ1n) is 13.7. The van der Waals surface area contributed by atoms with E-state index in [2.05, 4.69) is 12.2 Å². The molecule has 0 aliphatic carbocycles. The zero-order chi connectivity index (χ0) is 28.3. The van der Waals surface area contributed by atoms with Gasteiger partial charge in [0.25, 0.3) is 0 Å². The summed E-state index contributed by atoms with van der Waals surface area (Å²) in [6, 6.07) is 13.2. The quantitative estimate of drug-likeness (QED) is 0.129. The summed E-state index contributed by atoms with van der Waals surface area (Å²) >= 11 is 1.49. The number of rotatable bonds is 13. The number of hydrogen-bond acceptors (Lipinski definition) is 7. The summed E-state index contributed by atoms with van der Waals surface area (Å²) in [5.41, 5.74) is 1.90. The van der Waals surface area contributed by atoms with Crippen molar-refractivity contribution in [1.29, 1.82) is 0 Å². The number of thiazole rings is 1. The maximum Gasteiger partial charge on any atom is 0.412 e. The third-order valence-corrected chi connectivity index (χ3v) is 6.61. The molecule has 0 saturated heterocycles. The summed E-state index contributed by atoms with van der Waals surface area (Å²) in [6.07, 6.45) is 6.30. The van der Waals surface area contributed by atoms with E-state index in [0.717, 1.165) is 29.3 Å². The summed E-state index contributed by atoms with van der Waals surface area (Å²) in [4.78, 5) is 29.8. The van der Waals surface area contributed by atoms with Gasteiger partial charge in [0, 0.05) is 22.9 Å². The molecule has 1 aromatic heterocycles. The van der Waals surface area contributed by atoms with Gasteiger partial charge in [-0.05, 0) is 70.0 Å². The highest BCUT2D eigenvalue weighted by atomic mass is 32.1. The first kappa shape index (κ1) is 30.2. The minimum atomic E-state index is -0.667. The number of nitrogens with zero attached hydrogens (tertiary/aromatic N) is 1. The predicted molar refractivity (Wildman–Crippen MR) is 158 cm³/mol. The van der Waals surface area contributed by atoms with Crippen LogP contribution in [0.3, 0.4) is 0 Å². The second-order valence-electron chi connectivity index (χ2n) is 10.4. The van der Waals surface area contributed by atoms with Crippen molar-refractivity contribution in [3.8, 4) is 33.3 Å². The van der Waals surface area contributed by atoms with E-state index >= 15 is 0 Å². The Morgan fingerprint density at radius 3 is 2.38 bits per heavy atom. The van der Waals surface area contributed by atoms with E-state index in [9.17, 15) is 9.59 Å². The van der Waals surface area contributed by atoms with Gasteiger partial charge in [-0.1, -0.05) is 45.6 Å². The Hall–Kier alpha value is -3.39. The maximum absolute atomic E-state index is 12.5. The molecule has 0 bridgehead atoms. The summed E-state index contributed by atoms with van der Waals surface area (Å²) < 4.78 is 17.0. The standard InChI is InChI=1S/C31H40N2O5S/c1-6-8-9-10-11-20-36-23-18-16-22(17-19-23)29-32-26(21-39-29)24-14-12-15-25(28(24)37-27(34)13-7-2)33-30(35)38-31(3,4)5/h12,14-19,21H,6-11,13,20H2,1-5H3,(H,33,35). The van der Waals surface area contributed by atoms with Crippen molar-refractivity contribution in [2.45, 2.75) is 85.2 Å². The summed E-state index contributed by atoms with van der Waals surface area (Å²) in [6.45, 7) is 10.2. The number of carbonyl (C=O) groups excluding carboxylic acids is 2. The third kappa shape index (κ3) is 9.70. The van der Waals surface area contributed by atoms with Crippen molar-refractivity contribution < 1.29 is 23.8 Å². The molecule has 1 N–H and O–H groups in total. The number of esters is 1. The molecular formula is C31H40N2O5S. The Balaban J connectivity index is 1.78. The molecule has 1 heterocycles. The average Bonchev–Trinajstić information content (AvgIpc) is 3.37. The monoisotopic (exact) mass is 552 g/mol. The normalized spacial score (nSPS) is 11.2. The molecule has 210 valence electrons. The van der Waals surface area contributed by atoms with Crippen LogP contribution in [0.4, 0.5) is 10.5 Å². The van der Waals surface area contributed by atoms with Gasteiger partial charge in [-0.3, -0.25) is 10.1 Å². The lowest BCUT2D eigenvalue weighted by molar-refractivity contribution is -0.134. The largest absolute Gasteiger partial charge is 0.494 e. The number of para-hydroxylation sites is 1. The molecule has 0 unspecified atom stereocenters. The van der Waals surface area contributed by atoms with E-state index < -0.39 is 11.7 Å². The van der Waals surface area contributed by atoms with E-state index in [1.165, 1.54) is 37.0 Å². The predicted octanol–water partition coefficient (Wildman–Crippen LogP) is 8.88. The molecule has 0 aliphatic heterocycles. The topological polar surface area (TPSA) is 86.8 Å². The molecule has 7 nitrogen and oxygen atoms in total. The van der Waals surface area contributed by atoms with Crippen LogP contribution in [0.25, 0.3) is 21.8 Å². The lowest BCUT2D eigenvalue weighted by atomic mass is 10.1. The van der Waals surface area contributed by atoms with Crippen LogP contribution >= 0.6 is 11.3 Å². The van der Waals surface area contributed by atoms with E-state index in [1.807, 2.05) is 42.6 Å². The van der Waals surface area contributed by atoms with Crippen molar-refractivity contribution in [3.05, 3.63) is 47.8 Å². The van der Waals surface area contributed by atoms with Crippen LogP contribution in [-0.4, -0.2) is 29.3 Å². The Morgan fingerprint density at radius 2 is 1.69 bits per heavy atom. The highest BCUT2D eigenvalue weighted by Gasteiger charge is 2.22. The van der Waals surface area contributed by atoms with Crippen LogP contribution in [-0.2, 0) is 9.53 Å². The van der Waals surface area contributed by atoms with Crippen molar-refractivity contribution in [1.82, 2.24) is 4.98 Å². The molecule has 2 aromatic carbocycles. The second-order valence-corrected chi connectivity index (χ2v) is 11.2. The fraction of sp³-hybridized carbons (Fsp3) is 0.452. The molecule has 0 spiro atoms. The number of unbranched alkanes of at least 4 members (excludes halogenated alkanes) is 4. The number of ether oxygens (including phenoxy) is 3. The Labute approximate surface area is 235 Å². The van der Waals surface area contributed by atoms with Gasteiger partial charge in [0.1, 0.15) is 16.4 Å². The number of nitrogens with one attached hydrogen (secondary N) is 1. The minimum absolute atomic E-state index is 0.251. The molecule has 0 saturated carbocycles. The van der Waals surface area contributed by atoms with Crippen LogP contribution in [0, 0.1) is 0 Å². The van der Waals surface area contributed by atoms with E-state index in [0.29, 0.717) is 23.4 Å². The molecule has 0 atom stereocenters. The summed E-state index contributed by atoms with van der Waals surface area (Å²) in [7, 11) is 0. The SMILES string of the molecule is CCCCCCCOc1ccc(-c2nc(-c3cccc(NC(=O)OC(C)(C)C)c3OC(=O)CCC)cs2)cc1. The van der Waals surface area contributed by atoms with Crippen LogP contribution in [0.5, 0.6) is 11.5 Å². The Kier molecular flexibility index (Phi) is 11.3. The van der Waals surface area contributed by atoms with Crippen LogP contribution in [0.15, 0.2) is 47.8 Å². The number of carbonyl (C=O) groups is 2. The fourth-order valence-electron chi connectivity index (χ4n) is 3.85. The van der Waals surface area contributed by atoms with E-state index in [1.54, 1.807) is 32.9 Å². The lowest BCUT2D eigenvalue weighted by Gasteiger charge is -2.21. The lowest BCUT2D eigenvalue weighted by Crippen LogP contribution is -2.27. The van der Waals surface area contributed by atoms with E-state index in [4.69, 9.17) is 19.2 Å². The zero-order valence-corrected chi connectivity index (χ0v) is 24.5. The molecule has 3 aromatic rings. The van der Waals surface area contributed by atoms with Gasteiger partial charge in [-0.2, -0.15) is 0 Å². The number of anilines is 1. The fourth-order valence-corrected chi connectivity index (χ4v) is 4.68. The van der Waals surface area contributed by atoms with Crippen molar-refractivity contribution in [3.63, 3.8) is 0 Å². The average molecular weight is 553 g/mol. The maximum atomic E-state index is 12.5. The molecule has 0 radical (unpaired) electrons.